The Hall–Kier alpha value is -1.65. The third-order valence-electron chi connectivity index (χ3n) is 3.40. The molecule has 0 saturated carbocycles. The number of aromatic nitrogens is 2. The molecule has 0 radical (unpaired) electrons. The number of benzene rings is 1. The van der Waals surface area contributed by atoms with Gasteiger partial charge < -0.3 is 4.74 Å². The van der Waals surface area contributed by atoms with Crippen molar-refractivity contribution in [2.75, 3.05) is 7.11 Å². The molecular weight excluding hydrogens is 304 g/mol. The number of ether oxygens (including phenoxy) is 1. The van der Waals surface area contributed by atoms with Crippen molar-refractivity contribution >= 4 is 33.2 Å². The molecule has 2 aromatic heterocycles. The Balaban J connectivity index is 2.14. The van der Waals surface area contributed by atoms with E-state index < -0.39 is 0 Å². The average molecular weight is 319 g/mol. The SMILES string of the molecule is CCc1cc2c(Cl)nc(-c3ccc(OC)c(C)c3)nc2s1. The normalized spacial score (nSPS) is 11.0. The molecule has 1 aromatic carbocycles. The third-order valence-corrected chi connectivity index (χ3v) is 4.86. The topological polar surface area (TPSA) is 35.0 Å². The number of hydrogen-bond donors (Lipinski definition) is 0. The minimum Gasteiger partial charge on any atom is -0.496 e. The molecule has 0 aliphatic rings. The molecule has 2 heterocycles. The number of aryl methyl sites for hydroxylation is 2. The van der Waals surface area contributed by atoms with Crippen molar-refractivity contribution in [3.8, 4) is 17.1 Å². The predicted octanol–water partition coefficient (Wildman–Crippen LogP) is 4.89. The van der Waals surface area contributed by atoms with Crippen LogP contribution < -0.4 is 4.74 Å². The van der Waals surface area contributed by atoms with Crippen molar-refractivity contribution in [2.45, 2.75) is 20.3 Å². The number of methoxy groups -OCH3 is 1. The Morgan fingerprint density at radius 1 is 1.24 bits per heavy atom. The zero-order chi connectivity index (χ0) is 15.0. The second-order valence-electron chi connectivity index (χ2n) is 4.81. The van der Waals surface area contributed by atoms with E-state index >= 15 is 0 Å². The van der Waals surface area contributed by atoms with Crippen LogP contribution in [0.5, 0.6) is 5.75 Å². The van der Waals surface area contributed by atoms with Crippen LogP contribution in [-0.2, 0) is 6.42 Å². The standard InChI is InChI=1S/C16H15ClN2OS/c1-4-11-8-12-14(17)18-15(19-16(12)21-11)10-5-6-13(20-3)9(2)7-10/h5-8H,4H2,1-3H3. The van der Waals surface area contributed by atoms with Crippen molar-refractivity contribution in [3.05, 3.63) is 39.9 Å². The summed E-state index contributed by atoms with van der Waals surface area (Å²) in [7, 11) is 1.67. The third kappa shape index (κ3) is 2.61. The van der Waals surface area contributed by atoms with E-state index in [4.69, 9.17) is 16.3 Å². The summed E-state index contributed by atoms with van der Waals surface area (Å²) in [6.07, 6.45) is 0.980. The fourth-order valence-corrected chi connectivity index (χ4v) is 3.50. The molecule has 0 saturated heterocycles. The van der Waals surface area contributed by atoms with Crippen LogP contribution in [0.1, 0.15) is 17.4 Å². The van der Waals surface area contributed by atoms with Gasteiger partial charge in [0.25, 0.3) is 0 Å². The van der Waals surface area contributed by atoms with Gasteiger partial charge in [0, 0.05) is 15.8 Å². The fourth-order valence-electron chi connectivity index (χ4n) is 2.26. The van der Waals surface area contributed by atoms with Crippen LogP contribution in [0.15, 0.2) is 24.3 Å². The number of halogens is 1. The monoisotopic (exact) mass is 318 g/mol. The average Bonchev–Trinajstić information content (AvgIpc) is 2.91. The first kappa shape index (κ1) is 14.3. The van der Waals surface area contributed by atoms with Gasteiger partial charge in [-0.2, -0.15) is 0 Å². The van der Waals surface area contributed by atoms with Gasteiger partial charge in [-0.3, -0.25) is 0 Å². The molecule has 3 aromatic rings. The molecular formula is C16H15ClN2OS. The summed E-state index contributed by atoms with van der Waals surface area (Å²) < 4.78 is 5.28. The Kier molecular flexibility index (Phi) is 3.83. The summed E-state index contributed by atoms with van der Waals surface area (Å²) >= 11 is 7.98. The largest absolute Gasteiger partial charge is 0.496 e. The zero-order valence-electron chi connectivity index (χ0n) is 12.1. The van der Waals surface area contributed by atoms with Crippen LogP contribution in [0.2, 0.25) is 5.15 Å². The predicted molar refractivity (Wildman–Crippen MR) is 88.5 cm³/mol. The van der Waals surface area contributed by atoms with Crippen molar-refractivity contribution in [2.24, 2.45) is 0 Å². The van der Waals surface area contributed by atoms with E-state index in [1.54, 1.807) is 18.4 Å². The van der Waals surface area contributed by atoms with E-state index in [2.05, 4.69) is 23.0 Å². The molecule has 5 heteroatoms. The lowest BCUT2D eigenvalue weighted by Crippen LogP contribution is -1.92. The highest BCUT2D eigenvalue weighted by Gasteiger charge is 2.12. The highest BCUT2D eigenvalue weighted by molar-refractivity contribution is 7.18. The lowest BCUT2D eigenvalue weighted by Gasteiger charge is -2.07. The van der Waals surface area contributed by atoms with Crippen molar-refractivity contribution in [1.82, 2.24) is 9.97 Å². The summed E-state index contributed by atoms with van der Waals surface area (Å²) in [5.41, 5.74) is 2.00. The molecule has 0 fully saturated rings. The van der Waals surface area contributed by atoms with Gasteiger partial charge in [0.05, 0.1) is 7.11 Å². The van der Waals surface area contributed by atoms with Crippen LogP contribution in [-0.4, -0.2) is 17.1 Å². The summed E-state index contributed by atoms with van der Waals surface area (Å²) in [5, 5.41) is 1.45. The van der Waals surface area contributed by atoms with Gasteiger partial charge in [0.2, 0.25) is 0 Å². The van der Waals surface area contributed by atoms with E-state index in [0.717, 1.165) is 33.5 Å². The quantitative estimate of drug-likeness (QED) is 0.645. The van der Waals surface area contributed by atoms with E-state index in [1.807, 2.05) is 25.1 Å². The van der Waals surface area contributed by atoms with Gasteiger partial charge in [-0.15, -0.1) is 11.3 Å². The number of thiophene rings is 1. The lowest BCUT2D eigenvalue weighted by molar-refractivity contribution is 0.412. The minimum atomic E-state index is 0.513. The van der Waals surface area contributed by atoms with Crippen LogP contribution in [0, 0.1) is 6.92 Å². The first-order valence-electron chi connectivity index (χ1n) is 6.73. The van der Waals surface area contributed by atoms with Gasteiger partial charge in [0.1, 0.15) is 15.7 Å². The van der Waals surface area contributed by atoms with Gasteiger partial charge >= 0.3 is 0 Å². The highest BCUT2D eigenvalue weighted by atomic mass is 35.5. The second kappa shape index (κ2) is 5.62. The maximum atomic E-state index is 6.31. The summed E-state index contributed by atoms with van der Waals surface area (Å²) in [5.74, 6) is 1.51. The van der Waals surface area contributed by atoms with E-state index in [1.165, 1.54) is 4.88 Å². The number of hydrogen-bond acceptors (Lipinski definition) is 4. The Morgan fingerprint density at radius 2 is 2.05 bits per heavy atom. The molecule has 0 aliphatic heterocycles. The van der Waals surface area contributed by atoms with Gasteiger partial charge in [-0.05, 0) is 43.2 Å². The Bertz CT molecular complexity index is 813. The molecule has 0 bridgehead atoms. The molecule has 3 rings (SSSR count). The second-order valence-corrected chi connectivity index (χ2v) is 6.28. The molecule has 0 atom stereocenters. The van der Waals surface area contributed by atoms with E-state index in [-0.39, 0.29) is 0 Å². The zero-order valence-corrected chi connectivity index (χ0v) is 13.7. The number of rotatable bonds is 3. The van der Waals surface area contributed by atoms with Crippen LogP contribution >= 0.6 is 22.9 Å². The highest BCUT2D eigenvalue weighted by Crippen LogP contribution is 2.32. The molecule has 0 aliphatic carbocycles. The van der Waals surface area contributed by atoms with Crippen LogP contribution in [0.3, 0.4) is 0 Å². The summed E-state index contributed by atoms with van der Waals surface area (Å²) in [4.78, 5) is 11.3. The van der Waals surface area contributed by atoms with Crippen molar-refractivity contribution in [3.63, 3.8) is 0 Å². The maximum Gasteiger partial charge on any atom is 0.162 e. The summed E-state index contributed by atoms with van der Waals surface area (Å²) in [6, 6.07) is 7.98. The molecule has 21 heavy (non-hydrogen) atoms. The molecule has 3 nitrogen and oxygen atoms in total. The molecule has 0 spiro atoms. The lowest BCUT2D eigenvalue weighted by atomic mass is 10.1. The molecule has 0 N–H and O–H groups in total. The first-order chi connectivity index (χ1) is 10.1. The van der Waals surface area contributed by atoms with Crippen LogP contribution in [0.25, 0.3) is 21.6 Å². The molecule has 108 valence electrons. The number of fused-ring (bicyclic) bond motifs is 1. The molecule has 0 amide bonds. The van der Waals surface area contributed by atoms with Crippen molar-refractivity contribution in [1.29, 1.82) is 0 Å². The Morgan fingerprint density at radius 3 is 2.71 bits per heavy atom. The van der Waals surface area contributed by atoms with Gasteiger partial charge in [0.15, 0.2) is 5.82 Å². The van der Waals surface area contributed by atoms with Crippen molar-refractivity contribution < 1.29 is 4.74 Å². The van der Waals surface area contributed by atoms with Crippen LogP contribution in [0.4, 0.5) is 0 Å². The van der Waals surface area contributed by atoms with Gasteiger partial charge in [-0.1, -0.05) is 18.5 Å². The maximum absolute atomic E-state index is 6.31. The minimum absolute atomic E-state index is 0.513. The van der Waals surface area contributed by atoms with E-state index in [9.17, 15) is 0 Å². The van der Waals surface area contributed by atoms with E-state index in [0.29, 0.717) is 11.0 Å². The van der Waals surface area contributed by atoms with Gasteiger partial charge in [-0.25, -0.2) is 9.97 Å². The Labute approximate surface area is 132 Å². The number of nitrogens with zero attached hydrogens (tertiary/aromatic N) is 2. The fraction of sp³-hybridized carbons (Fsp3) is 0.250. The molecule has 0 unspecified atom stereocenters. The smallest absolute Gasteiger partial charge is 0.162 e. The first-order valence-corrected chi connectivity index (χ1v) is 7.92. The summed E-state index contributed by atoms with van der Waals surface area (Å²) in [6.45, 7) is 4.13.